The molecule has 8 heteroatoms. The van der Waals surface area contributed by atoms with Crippen molar-refractivity contribution in [2.45, 2.75) is 13.5 Å². The fraction of sp³-hybridized carbons (Fsp3) is 0.258. The molecule has 198 valence electrons. The van der Waals surface area contributed by atoms with Gasteiger partial charge in [-0.3, -0.25) is 29.0 Å². The van der Waals surface area contributed by atoms with E-state index in [1.165, 1.54) is 5.56 Å². The Morgan fingerprint density at radius 1 is 0.769 bits per heavy atom. The van der Waals surface area contributed by atoms with Crippen LogP contribution in [0.25, 0.3) is 5.69 Å². The van der Waals surface area contributed by atoms with Gasteiger partial charge < -0.3 is 0 Å². The molecule has 3 aromatic carbocycles. The molecule has 2 aliphatic heterocycles. The van der Waals surface area contributed by atoms with Crippen LogP contribution in [0.5, 0.6) is 0 Å². The highest BCUT2D eigenvalue weighted by atomic mass is 16.2. The number of carbonyl (C=O) groups excluding carboxylic acids is 1. The monoisotopic (exact) mass is 520 g/mol. The van der Waals surface area contributed by atoms with Crippen LogP contribution in [0.15, 0.2) is 94.7 Å². The maximum atomic E-state index is 13.8. The Morgan fingerprint density at radius 2 is 1.38 bits per heavy atom. The summed E-state index contributed by atoms with van der Waals surface area (Å²) in [5.74, 6) is -0.170. The van der Waals surface area contributed by atoms with Crippen LogP contribution in [0.4, 0.5) is 11.4 Å². The van der Waals surface area contributed by atoms with Crippen molar-refractivity contribution >= 4 is 23.0 Å². The van der Waals surface area contributed by atoms with E-state index in [4.69, 9.17) is 4.99 Å². The molecule has 0 aliphatic carbocycles. The summed E-state index contributed by atoms with van der Waals surface area (Å²) in [4.78, 5) is 38.5. The fourth-order valence-electron chi connectivity index (χ4n) is 5.44. The van der Waals surface area contributed by atoms with E-state index in [0.717, 1.165) is 49.7 Å². The summed E-state index contributed by atoms with van der Waals surface area (Å²) in [5, 5.41) is 0. The van der Waals surface area contributed by atoms with Gasteiger partial charge in [0.25, 0.3) is 11.5 Å². The van der Waals surface area contributed by atoms with Crippen molar-refractivity contribution in [2.24, 2.45) is 12.0 Å². The Labute approximate surface area is 228 Å². The number of anilines is 1. The smallest absolute Gasteiger partial charge is 0.297 e. The van der Waals surface area contributed by atoms with Crippen molar-refractivity contribution in [3.63, 3.8) is 0 Å². The minimum Gasteiger partial charge on any atom is -0.297 e. The molecule has 1 saturated heterocycles. The number of fused-ring (bicyclic) bond motifs is 1. The lowest BCUT2D eigenvalue weighted by Crippen LogP contribution is -2.50. The molecule has 0 N–H and O–H groups in total. The molecule has 0 spiro atoms. The van der Waals surface area contributed by atoms with Gasteiger partial charge in [0.05, 0.1) is 23.7 Å². The van der Waals surface area contributed by atoms with Crippen molar-refractivity contribution < 1.29 is 4.79 Å². The van der Waals surface area contributed by atoms with E-state index in [2.05, 4.69) is 34.1 Å². The van der Waals surface area contributed by atoms with Crippen LogP contribution in [0.1, 0.15) is 16.8 Å². The number of benzene rings is 3. The molecule has 0 atom stereocenters. The summed E-state index contributed by atoms with van der Waals surface area (Å²) < 4.78 is 3.38. The first-order valence-corrected chi connectivity index (χ1v) is 13.3. The van der Waals surface area contributed by atoms with Gasteiger partial charge in [-0.15, -0.1) is 0 Å². The van der Waals surface area contributed by atoms with Gasteiger partial charge in [-0.1, -0.05) is 66.7 Å². The SMILES string of the molecule is Cc1c(N=C2C(=O)N(CN3CCN(Cc4ccccc4)CC3)c3ccccc32)c(=O)n(-c2ccccc2)n1C. The Hall–Kier alpha value is -4.27. The summed E-state index contributed by atoms with van der Waals surface area (Å²) >= 11 is 0. The van der Waals surface area contributed by atoms with Crippen molar-refractivity contribution in [1.29, 1.82) is 0 Å². The highest BCUT2D eigenvalue weighted by molar-refractivity contribution is 6.54. The number of hydrogen-bond donors (Lipinski definition) is 0. The van der Waals surface area contributed by atoms with Crippen LogP contribution in [0.2, 0.25) is 0 Å². The molecular weight excluding hydrogens is 488 g/mol. The van der Waals surface area contributed by atoms with E-state index in [1.54, 1.807) is 14.3 Å². The van der Waals surface area contributed by atoms with Crippen LogP contribution < -0.4 is 10.5 Å². The number of para-hydroxylation sites is 2. The molecule has 3 heterocycles. The summed E-state index contributed by atoms with van der Waals surface area (Å²) in [6.45, 7) is 6.95. The number of rotatable bonds is 6. The highest BCUT2D eigenvalue weighted by Gasteiger charge is 2.36. The first-order chi connectivity index (χ1) is 19.0. The van der Waals surface area contributed by atoms with Gasteiger partial charge in [0.1, 0.15) is 5.71 Å². The lowest BCUT2D eigenvalue weighted by atomic mass is 10.1. The van der Waals surface area contributed by atoms with Crippen LogP contribution >= 0.6 is 0 Å². The van der Waals surface area contributed by atoms with Gasteiger partial charge >= 0.3 is 0 Å². The van der Waals surface area contributed by atoms with Crippen LogP contribution in [0.3, 0.4) is 0 Å². The summed E-state index contributed by atoms with van der Waals surface area (Å²) in [6.07, 6.45) is 0. The Morgan fingerprint density at radius 3 is 2.10 bits per heavy atom. The second kappa shape index (κ2) is 10.5. The molecule has 0 radical (unpaired) electrons. The molecule has 1 aromatic heterocycles. The second-order valence-corrected chi connectivity index (χ2v) is 10.1. The third-order valence-corrected chi connectivity index (χ3v) is 7.70. The van der Waals surface area contributed by atoms with E-state index >= 15 is 0 Å². The number of hydrogen-bond acceptors (Lipinski definition) is 5. The van der Waals surface area contributed by atoms with E-state index in [-0.39, 0.29) is 17.2 Å². The van der Waals surface area contributed by atoms with Gasteiger partial charge in [0.15, 0.2) is 5.69 Å². The lowest BCUT2D eigenvalue weighted by molar-refractivity contribution is -0.112. The minimum absolute atomic E-state index is 0.170. The molecule has 0 bridgehead atoms. The minimum atomic E-state index is -0.244. The van der Waals surface area contributed by atoms with E-state index in [0.29, 0.717) is 18.1 Å². The Kier molecular flexibility index (Phi) is 6.72. The van der Waals surface area contributed by atoms with E-state index in [1.807, 2.05) is 74.6 Å². The number of nitrogens with zero attached hydrogens (tertiary/aromatic N) is 6. The number of carbonyl (C=O) groups is 1. The number of aliphatic imine (C=N–C) groups is 1. The number of aromatic nitrogens is 2. The van der Waals surface area contributed by atoms with Crippen LogP contribution in [-0.4, -0.2) is 63.6 Å². The predicted octanol–water partition coefficient (Wildman–Crippen LogP) is 3.73. The van der Waals surface area contributed by atoms with Crippen LogP contribution in [0, 0.1) is 6.92 Å². The molecule has 0 unspecified atom stereocenters. The first-order valence-electron chi connectivity index (χ1n) is 13.3. The summed E-state index contributed by atoms with van der Waals surface area (Å²) in [5.41, 5.74) is 4.74. The first kappa shape index (κ1) is 25.0. The van der Waals surface area contributed by atoms with Crippen molar-refractivity contribution in [3.8, 4) is 5.69 Å². The van der Waals surface area contributed by atoms with Crippen LogP contribution in [-0.2, 0) is 18.4 Å². The molecule has 2 aliphatic rings. The molecule has 1 fully saturated rings. The molecule has 0 saturated carbocycles. The predicted molar refractivity (Wildman–Crippen MR) is 154 cm³/mol. The average molecular weight is 521 g/mol. The zero-order chi connectivity index (χ0) is 26.9. The van der Waals surface area contributed by atoms with Gasteiger partial charge in [0, 0.05) is 45.3 Å². The van der Waals surface area contributed by atoms with Gasteiger partial charge in [-0.05, 0) is 30.7 Å². The number of piperazine rings is 1. The molecule has 39 heavy (non-hydrogen) atoms. The highest BCUT2D eigenvalue weighted by Crippen LogP contribution is 2.31. The summed E-state index contributed by atoms with van der Waals surface area (Å²) in [6, 6.07) is 27.7. The third-order valence-electron chi connectivity index (χ3n) is 7.70. The molecule has 4 aromatic rings. The molecule has 6 rings (SSSR count). The maximum Gasteiger partial charge on any atom is 0.297 e. The second-order valence-electron chi connectivity index (χ2n) is 10.1. The topological polar surface area (TPSA) is 66.1 Å². The standard InChI is InChI=1S/C31H32N6O2/c1-23-28(31(39)37(33(23)2)25-13-7-4-8-14-25)32-29-26-15-9-10-16-27(26)36(30(29)38)22-35-19-17-34(18-20-35)21-24-11-5-3-6-12-24/h3-16H,17-22H2,1-2H3. The normalized spacial score (nSPS) is 17.2. The van der Waals surface area contributed by atoms with Crippen molar-refractivity contribution in [2.75, 3.05) is 37.7 Å². The third kappa shape index (κ3) is 4.73. The molecule has 1 amide bonds. The van der Waals surface area contributed by atoms with Gasteiger partial charge in [-0.25, -0.2) is 9.67 Å². The average Bonchev–Trinajstić information content (AvgIpc) is 3.35. The largest absolute Gasteiger partial charge is 0.297 e. The maximum absolute atomic E-state index is 13.8. The van der Waals surface area contributed by atoms with Crippen molar-refractivity contribution in [3.05, 3.63) is 112 Å². The quantitative estimate of drug-likeness (QED) is 0.389. The zero-order valence-corrected chi connectivity index (χ0v) is 22.3. The van der Waals surface area contributed by atoms with Gasteiger partial charge in [0.2, 0.25) is 0 Å². The Balaban J connectivity index is 1.24. The Bertz CT molecular complexity index is 1580. The number of amides is 1. The molecule has 8 nitrogen and oxygen atoms in total. The fourth-order valence-corrected chi connectivity index (χ4v) is 5.44. The van der Waals surface area contributed by atoms with E-state index in [9.17, 15) is 9.59 Å². The van der Waals surface area contributed by atoms with E-state index < -0.39 is 0 Å². The summed E-state index contributed by atoms with van der Waals surface area (Å²) in [7, 11) is 1.83. The van der Waals surface area contributed by atoms with Gasteiger partial charge in [-0.2, -0.15) is 0 Å². The zero-order valence-electron chi connectivity index (χ0n) is 22.3. The molecular formula is C31H32N6O2. The lowest BCUT2D eigenvalue weighted by Gasteiger charge is -2.36. The van der Waals surface area contributed by atoms with Crippen molar-refractivity contribution in [1.82, 2.24) is 19.2 Å².